The first kappa shape index (κ1) is 30.4. The molecule has 0 N–H and O–H groups in total. The van der Waals surface area contributed by atoms with Crippen LogP contribution in [-0.2, 0) is 0 Å². The fraction of sp³-hybridized carbons (Fsp3) is 0. The van der Waals surface area contributed by atoms with Gasteiger partial charge < -0.3 is 8.98 Å². The molecule has 0 unspecified atom stereocenters. The number of nitrogens with zero attached hydrogens (tertiary/aromatic N) is 5. The molecule has 7 aromatic carbocycles. The minimum Gasteiger partial charge on any atom is -0.455 e. The summed E-state index contributed by atoms with van der Waals surface area (Å²) in [7, 11) is 0. The molecule has 0 aliphatic carbocycles. The molecule has 0 radical (unpaired) electrons. The molecule has 0 aliphatic heterocycles. The summed E-state index contributed by atoms with van der Waals surface area (Å²) in [5.41, 5.74) is 7.78. The number of aromatic nitrogens is 4. The van der Waals surface area contributed by atoms with Crippen LogP contribution in [-0.4, -0.2) is 24.4 Å². The van der Waals surface area contributed by atoms with Crippen molar-refractivity contribution < 1.29 is 9.34 Å². The number of rotatable bonds is 6. The monoisotopic (exact) mass is 685 g/mol. The molecule has 10 rings (SSSR count). The average molecular weight is 686 g/mol. The maximum atomic E-state index is 12.6. The standard InChI is InChI=1S/C45H27N5O3/c51-50(52)38-21-11-7-17-31(38)35-27-30(45-47-43(28-13-3-1-4-14-28)46-44(48-45)29-15-5-2-6-16-29)23-25-37(35)49-36-20-10-8-19-34(36)41-39(49)26-24-33-32-18-9-12-22-40(32)53-42(33)41/h1-27H. The van der Waals surface area contributed by atoms with Gasteiger partial charge in [-0.3, -0.25) is 10.1 Å². The molecule has 0 saturated heterocycles. The molecule has 0 bridgehead atoms. The number of nitro benzene ring substituents is 1. The van der Waals surface area contributed by atoms with Crippen LogP contribution in [0, 0.1) is 10.1 Å². The second-order valence-corrected chi connectivity index (χ2v) is 12.8. The number of benzene rings is 7. The molecule has 0 amide bonds. The van der Waals surface area contributed by atoms with Crippen molar-refractivity contribution in [3.63, 3.8) is 0 Å². The van der Waals surface area contributed by atoms with Gasteiger partial charge in [0.25, 0.3) is 5.69 Å². The van der Waals surface area contributed by atoms with Crippen LogP contribution in [0.15, 0.2) is 168 Å². The largest absolute Gasteiger partial charge is 0.455 e. The Morgan fingerprint density at radius 1 is 0.509 bits per heavy atom. The van der Waals surface area contributed by atoms with Gasteiger partial charge in [0.1, 0.15) is 11.2 Å². The summed E-state index contributed by atoms with van der Waals surface area (Å²) >= 11 is 0. The molecule has 0 spiro atoms. The first-order valence-electron chi connectivity index (χ1n) is 17.2. The summed E-state index contributed by atoms with van der Waals surface area (Å²) in [6.07, 6.45) is 0. The average Bonchev–Trinajstić information content (AvgIpc) is 3.77. The maximum Gasteiger partial charge on any atom is 0.277 e. The fourth-order valence-corrected chi connectivity index (χ4v) is 7.38. The number of hydrogen-bond donors (Lipinski definition) is 0. The van der Waals surface area contributed by atoms with Gasteiger partial charge in [0.2, 0.25) is 0 Å². The highest BCUT2D eigenvalue weighted by atomic mass is 16.6. The van der Waals surface area contributed by atoms with Crippen molar-refractivity contribution >= 4 is 49.4 Å². The number of fused-ring (bicyclic) bond motifs is 7. The summed E-state index contributed by atoms with van der Waals surface area (Å²) in [6.45, 7) is 0. The topological polar surface area (TPSA) is 99.9 Å². The van der Waals surface area contributed by atoms with Crippen molar-refractivity contribution in [2.45, 2.75) is 0 Å². The molecule has 8 nitrogen and oxygen atoms in total. The second kappa shape index (κ2) is 12.1. The van der Waals surface area contributed by atoms with Gasteiger partial charge in [-0.2, -0.15) is 0 Å². The predicted molar refractivity (Wildman–Crippen MR) is 210 cm³/mol. The lowest BCUT2D eigenvalue weighted by Gasteiger charge is -2.16. The van der Waals surface area contributed by atoms with Gasteiger partial charge in [-0.15, -0.1) is 0 Å². The van der Waals surface area contributed by atoms with Gasteiger partial charge in [-0.1, -0.05) is 109 Å². The van der Waals surface area contributed by atoms with Gasteiger partial charge in [0.05, 0.1) is 32.6 Å². The van der Waals surface area contributed by atoms with Gasteiger partial charge in [-0.25, -0.2) is 15.0 Å². The number of furan rings is 1. The highest BCUT2D eigenvalue weighted by Crippen LogP contribution is 2.44. The minimum atomic E-state index is -0.334. The van der Waals surface area contributed by atoms with Crippen molar-refractivity contribution in [2.75, 3.05) is 0 Å². The Morgan fingerprint density at radius 2 is 1.11 bits per heavy atom. The maximum absolute atomic E-state index is 12.6. The first-order valence-corrected chi connectivity index (χ1v) is 17.2. The van der Waals surface area contributed by atoms with E-state index in [1.54, 1.807) is 18.2 Å². The molecule has 0 saturated carbocycles. The van der Waals surface area contributed by atoms with Crippen molar-refractivity contribution in [2.24, 2.45) is 0 Å². The lowest BCUT2D eigenvalue weighted by Crippen LogP contribution is -2.02. The quantitative estimate of drug-likeness (QED) is 0.128. The predicted octanol–water partition coefficient (Wildman–Crippen LogP) is 11.4. The van der Waals surface area contributed by atoms with E-state index < -0.39 is 0 Å². The highest BCUT2D eigenvalue weighted by Gasteiger charge is 2.24. The molecule has 10 aromatic rings. The second-order valence-electron chi connectivity index (χ2n) is 12.8. The van der Waals surface area contributed by atoms with E-state index >= 15 is 0 Å². The van der Waals surface area contributed by atoms with Crippen LogP contribution in [0.25, 0.3) is 94.7 Å². The third kappa shape index (κ3) is 4.96. The molecule has 3 heterocycles. The Kier molecular flexibility index (Phi) is 6.94. The summed E-state index contributed by atoms with van der Waals surface area (Å²) in [5.74, 6) is 1.52. The van der Waals surface area contributed by atoms with Gasteiger partial charge in [-0.05, 0) is 48.5 Å². The number of nitro groups is 1. The Hall–Kier alpha value is -7.45. The van der Waals surface area contributed by atoms with Crippen molar-refractivity contribution in [1.82, 2.24) is 19.5 Å². The first-order chi connectivity index (χ1) is 26.1. The molecule has 0 fully saturated rings. The summed E-state index contributed by atoms with van der Waals surface area (Å²) < 4.78 is 8.71. The van der Waals surface area contributed by atoms with Crippen LogP contribution < -0.4 is 0 Å². The molecule has 0 atom stereocenters. The van der Waals surface area contributed by atoms with E-state index in [1.807, 2.05) is 115 Å². The smallest absolute Gasteiger partial charge is 0.277 e. The lowest BCUT2D eigenvalue weighted by atomic mass is 9.98. The SMILES string of the molecule is O=[N+]([O-])c1ccccc1-c1cc(-c2nc(-c3ccccc3)nc(-c3ccccc3)n2)ccc1-n1c2ccccc2c2c3oc4ccccc4c3ccc21. The van der Waals surface area contributed by atoms with Crippen LogP contribution in [0.5, 0.6) is 0 Å². The molecule has 250 valence electrons. The normalized spacial score (nSPS) is 11.5. The molecular formula is C45H27N5O3. The Balaban J connectivity index is 1.27. The number of hydrogen-bond acceptors (Lipinski definition) is 6. The zero-order valence-electron chi connectivity index (χ0n) is 28.0. The fourth-order valence-electron chi connectivity index (χ4n) is 7.38. The van der Waals surface area contributed by atoms with E-state index in [4.69, 9.17) is 19.4 Å². The Labute approximate surface area is 302 Å². The van der Waals surface area contributed by atoms with Gasteiger partial charge >= 0.3 is 0 Å². The zero-order valence-corrected chi connectivity index (χ0v) is 28.0. The van der Waals surface area contributed by atoms with Crippen LogP contribution in [0.2, 0.25) is 0 Å². The Morgan fingerprint density at radius 3 is 1.83 bits per heavy atom. The molecule has 3 aromatic heterocycles. The van der Waals surface area contributed by atoms with E-state index in [0.717, 1.165) is 60.6 Å². The van der Waals surface area contributed by atoms with E-state index in [-0.39, 0.29) is 10.6 Å². The third-order valence-corrected chi connectivity index (χ3v) is 9.77. The van der Waals surface area contributed by atoms with E-state index in [0.29, 0.717) is 34.2 Å². The number of para-hydroxylation sites is 3. The highest BCUT2D eigenvalue weighted by molar-refractivity contribution is 6.24. The van der Waals surface area contributed by atoms with Gasteiger partial charge in [0.15, 0.2) is 17.5 Å². The molecule has 53 heavy (non-hydrogen) atoms. The van der Waals surface area contributed by atoms with Crippen LogP contribution in [0.4, 0.5) is 5.69 Å². The van der Waals surface area contributed by atoms with Crippen molar-refractivity contribution in [3.05, 3.63) is 174 Å². The van der Waals surface area contributed by atoms with Crippen LogP contribution in [0.1, 0.15) is 0 Å². The molecule has 8 heteroatoms. The van der Waals surface area contributed by atoms with Crippen molar-refractivity contribution in [1.29, 1.82) is 0 Å². The van der Waals surface area contributed by atoms with E-state index in [1.165, 1.54) is 0 Å². The molecule has 0 aliphatic rings. The van der Waals surface area contributed by atoms with Crippen LogP contribution >= 0.6 is 0 Å². The van der Waals surface area contributed by atoms with E-state index in [2.05, 4.69) is 34.9 Å². The van der Waals surface area contributed by atoms with Crippen molar-refractivity contribution in [3.8, 4) is 51.0 Å². The van der Waals surface area contributed by atoms with E-state index in [9.17, 15) is 10.1 Å². The summed E-state index contributed by atoms with van der Waals surface area (Å²) in [6, 6.07) is 52.8. The summed E-state index contributed by atoms with van der Waals surface area (Å²) in [5, 5.41) is 16.6. The summed E-state index contributed by atoms with van der Waals surface area (Å²) in [4.78, 5) is 27.0. The third-order valence-electron chi connectivity index (χ3n) is 9.77. The van der Waals surface area contributed by atoms with Crippen LogP contribution in [0.3, 0.4) is 0 Å². The molecular weight excluding hydrogens is 659 g/mol. The lowest BCUT2D eigenvalue weighted by molar-refractivity contribution is -0.384. The minimum absolute atomic E-state index is 0.00284. The zero-order chi connectivity index (χ0) is 35.5. The van der Waals surface area contributed by atoms with Gasteiger partial charge in [0, 0.05) is 44.5 Å². The Bertz CT molecular complexity index is 2980.